The number of rotatable bonds is 3. The number of imidazole rings is 1. The maximum absolute atomic E-state index is 13.1. The van der Waals surface area contributed by atoms with E-state index in [-0.39, 0.29) is 24.2 Å². The van der Waals surface area contributed by atoms with Crippen LogP contribution in [0.2, 0.25) is 0 Å². The number of aryl methyl sites for hydroxylation is 2. The maximum atomic E-state index is 13.1. The molecule has 3 heterocycles. The smallest absolute Gasteiger partial charge is 0.234 e. The Balaban J connectivity index is 0.00000169. The third-order valence-electron chi connectivity index (χ3n) is 5.12. The summed E-state index contributed by atoms with van der Waals surface area (Å²) in [5.41, 5.74) is 5.69. The molecular formula is C19H22ClN3O. The Labute approximate surface area is 147 Å². The van der Waals surface area contributed by atoms with Crippen LogP contribution in [0.25, 0.3) is 10.9 Å². The SMILES string of the molecule is CCc1c2n(c3ccccc13)C(=O)C(Cc1nc[nH]c1C)CC2.Cl. The van der Waals surface area contributed by atoms with E-state index >= 15 is 0 Å². The number of hydrogen-bond donors (Lipinski definition) is 1. The summed E-state index contributed by atoms with van der Waals surface area (Å²) in [5.74, 6) is 0.245. The molecule has 5 heteroatoms. The molecule has 4 nitrogen and oxygen atoms in total. The van der Waals surface area contributed by atoms with Crippen molar-refractivity contribution in [1.29, 1.82) is 0 Å². The first-order valence-electron chi connectivity index (χ1n) is 8.35. The molecule has 0 radical (unpaired) electrons. The van der Waals surface area contributed by atoms with Gasteiger partial charge in [-0.05, 0) is 37.8 Å². The monoisotopic (exact) mass is 343 g/mol. The first-order valence-corrected chi connectivity index (χ1v) is 8.35. The summed E-state index contributed by atoms with van der Waals surface area (Å²) in [5, 5.41) is 1.23. The molecule has 0 bridgehead atoms. The number of para-hydroxylation sites is 1. The number of aromatic nitrogens is 3. The number of nitrogens with zero attached hydrogens (tertiary/aromatic N) is 2. The number of halogens is 1. The summed E-state index contributed by atoms with van der Waals surface area (Å²) in [4.78, 5) is 20.6. The van der Waals surface area contributed by atoms with Gasteiger partial charge in [0, 0.05) is 29.1 Å². The van der Waals surface area contributed by atoms with Crippen molar-refractivity contribution < 1.29 is 4.79 Å². The predicted octanol–water partition coefficient (Wildman–Crippen LogP) is 4.10. The fourth-order valence-electron chi connectivity index (χ4n) is 3.90. The molecular weight excluding hydrogens is 322 g/mol. The summed E-state index contributed by atoms with van der Waals surface area (Å²) in [6, 6.07) is 8.28. The summed E-state index contributed by atoms with van der Waals surface area (Å²) in [6.07, 6.45) is 5.29. The van der Waals surface area contributed by atoms with Gasteiger partial charge < -0.3 is 4.98 Å². The molecule has 0 amide bonds. The normalized spacial score (nSPS) is 16.9. The van der Waals surface area contributed by atoms with Crippen LogP contribution in [0.1, 0.15) is 40.8 Å². The first-order chi connectivity index (χ1) is 11.2. The molecule has 3 aromatic rings. The van der Waals surface area contributed by atoms with Gasteiger partial charge >= 0.3 is 0 Å². The molecule has 0 fully saturated rings. The average Bonchev–Trinajstić information content (AvgIpc) is 3.11. The molecule has 24 heavy (non-hydrogen) atoms. The molecule has 1 aliphatic rings. The van der Waals surface area contributed by atoms with Crippen molar-refractivity contribution in [1.82, 2.24) is 14.5 Å². The molecule has 4 rings (SSSR count). The minimum Gasteiger partial charge on any atom is -0.348 e. The van der Waals surface area contributed by atoms with E-state index in [1.807, 2.05) is 17.6 Å². The summed E-state index contributed by atoms with van der Waals surface area (Å²) < 4.78 is 1.98. The second-order valence-electron chi connectivity index (χ2n) is 6.38. The van der Waals surface area contributed by atoms with E-state index in [1.54, 1.807) is 6.33 Å². The predicted molar refractivity (Wildman–Crippen MR) is 98.0 cm³/mol. The van der Waals surface area contributed by atoms with Gasteiger partial charge in [0.2, 0.25) is 5.91 Å². The van der Waals surface area contributed by atoms with Crippen LogP contribution in [-0.4, -0.2) is 20.4 Å². The highest BCUT2D eigenvalue weighted by Crippen LogP contribution is 2.33. The Morgan fingerprint density at radius 3 is 2.83 bits per heavy atom. The number of H-pyrrole nitrogens is 1. The Kier molecular flexibility index (Phi) is 4.50. The maximum Gasteiger partial charge on any atom is 0.234 e. The molecule has 1 unspecified atom stereocenters. The van der Waals surface area contributed by atoms with Crippen LogP contribution < -0.4 is 0 Å². The van der Waals surface area contributed by atoms with Crippen molar-refractivity contribution in [2.24, 2.45) is 5.92 Å². The van der Waals surface area contributed by atoms with Gasteiger partial charge in [-0.1, -0.05) is 25.1 Å². The van der Waals surface area contributed by atoms with E-state index in [1.165, 1.54) is 16.6 Å². The summed E-state index contributed by atoms with van der Waals surface area (Å²) in [6.45, 7) is 4.19. The zero-order valence-corrected chi connectivity index (χ0v) is 14.8. The fraction of sp³-hybridized carbons (Fsp3) is 0.368. The Morgan fingerprint density at radius 1 is 1.33 bits per heavy atom. The zero-order valence-electron chi connectivity index (χ0n) is 14.0. The van der Waals surface area contributed by atoms with Crippen LogP contribution >= 0.6 is 12.4 Å². The van der Waals surface area contributed by atoms with E-state index in [4.69, 9.17) is 0 Å². The van der Waals surface area contributed by atoms with Crippen LogP contribution in [0, 0.1) is 12.8 Å². The first kappa shape index (κ1) is 16.8. The van der Waals surface area contributed by atoms with Crippen molar-refractivity contribution >= 4 is 29.2 Å². The second-order valence-corrected chi connectivity index (χ2v) is 6.38. The molecule has 0 saturated carbocycles. The van der Waals surface area contributed by atoms with Crippen LogP contribution in [0.3, 0.4) is 0 Å². The van der Waals surface area contributed by atoms with Gasteiger partial charge in [0.25, 0.3) is 0 Å². The number of aromatic amines is 1. The number of nitrogens with one attached hydrogen (secondary N) is 1. The zero-order chi connectivity index (χ0) is 16.0. The van der Waals surface area contributed by atoms with Gasteiger partial charge in [-0.25, -0.2) is 4.98 Å². The fourth-order valence-corrected chi connectivity index (χ4v) is 3.90. The van der Waals surface area contributed by atoms with E-state index in [0.29, 0.717) is 0 Å². The lowest BCUT2D eigenvalue weighted by atomic mass is 9.91. The number of fused-ring (bicyclic) bond motifs is 3. The van der Waals surface area contributed by atoms with Gasteiger partial charge in [-0.15, -0.1) is 12.4 Å². The van der Waals surface area contributed by atoms with E-state index in [9.17, 15) is 4.79 Å². The van der Waals surface area contributed by atoms with Crippen LogP contribution in [0.4, 0.5) is 0 Å². The van der Waals surface area contributed by atoms with Crippen LogP contribution in [0.5, 0.6) is 0 Å². The van der Waals surface area contributed by atoms with Gasteiger partial charge in [-0.3, -0.25) is 9.36 Å². The molecule has 1 aromatic carbocycles. The van der Waals surface area contributed by atoms with Crippen LogP contribution in [0.15, 0.2) is 30.6 Å². The third-order valence-corrected chi connectivity index (χ3v) is 5.12. The largest absolute Gasteiger partial charge is 0.348 e. The van der Waals surface area contributed by atoms with Crippen molar-refractivity contribution in [3.05, 3.63) is 53.2 Å². The van der Waals surface area contributed by atoms with E-state index < -0.39 is 0 Å². The third kappa shape index (κ3) is 2.46. The van der Waals surface area contributed by atoms with Gasteiger partial charge in [0.05, 0.1) is 17.5 Å². The van der Waals surface area contributed by atoms with Gasteiger partial charge in [-0.2, -0.15) is 0 Å². The number of carbonyl (C=O) groups excluding carboxylic acids is 1. The van der Waals surface area contributed by atoms with E-state index in [2.05, 4.69) is 35.1 Å². The Morgan fingerprint density at radius 2 is 2.12 bits per heavy atom. The summed E-state index contributed by atoms with van der Waals surface area (Å²) in [7, 11) is 0. The molecule has 0 aliphatic carbocycles. The topological polar surface area (TPSA) is 50.7 Å². The highest BCUT2D eigenvalue weighted by Gasteiger charge is 2.31. The Hall–Kier alpha value is -2.07. The minimum absolute atomic E-state index is 0. The second kappa shape index (κ2) is 6.44. The lowest BCUT2D eigenvalue weighted by Gasteiger charge is -2.24. The average molecular weight is 344 g/mol. The number of carbonyl (C=O) groups is 1. The molecule has 126 valence electrons. The summed E-state index contributed by atoms with van der Waals surface area (Å²) >= 11 is 0. The molecule has 1 atom stereocenters. The lowest BCUT2D eigenvalue weighted by Crippen LogP contribution is -2.30. The van der Waals surface area contributed by atoms with Crippen molar-refractivity contribution in [2.45, 2.75) is 39.5 Å². The van der Waals surface area contributed by atoms with Crippen molar-refractivity contribution in [3.63, 3.8) is 0 Å². The van der Waals surface area contributed by atoms with Gasteiger partial charge in [0.1, 0.15) is 0 Å². The molecule has 2 aromatic heterocycles. The quantitative estimate of drug-likeness (QED) is 0.778. The highest BCUT2D eigenvalue weighted by atomic mass is 35.5. The van der Waals surface area contributed by atoms with Crippen LogP contribution in [-0.2, 0) is 19.3 Å². The minimum atomic E-state index is 0. The van der Waals surface area contributed by atoms with E-state index in [0.717, 1.165) is 42.6 Å². The Bertz CT molecular complexity index is 893. The lowest BCUT2D eigenvalue weighted by molar-refractivity contribution is 0.0808. The molecule has 1 aliphatic heterocycles. The number of benzene rings is 1. The van der Waals surface area contributed by atoms with Crippen molar-refractivity contribution in [3.8, 4) is 0 Å². The standard InChI is InChI=1S/C19H21N3O.ClH/c1-3-14-15-6-4-5-7-17(15)22-18(14)9-8-13(19(22)23)10-16-12(2)20-11-21-16;/h4-7,11,13H,3,8-10H2,1-2H3,(H,20,21);1H. The molecule has 0 saturated heterocycles. The molecule has 0 spiro atoms. The van der Waals surface area contributed by atoms with Gasteiger partial charge in [0.15, 0.2) is 0 Å². The van der Waals surface area contributed by atoms with Crippen molar-refractivity contribution in [2.75, 3.05) is 0 Å². The highest BCUT2D eigenvalue weighted by molar-refractivity contribution is 5.97. The molecule has 1 N–H and O–H groups in total. The number of hydrogen-bond acceptors (Lipinski definition) is 2.